The standard InChI is InChI=1S/C14H29N3O.2ClH/c1-14(2,3)12(7-9-17(4)5)16-13(18)11-6-8-15-10-11;;/h11-12,15H,6-10H2,1-5H3,(H,16,18);2*1H. The third kappa shape index (κ3) is 7.67. The predicted octanol–water partition coefficient (Wildman–Crippen LogP) is 1.92. The van der Waals surface area contributed by atoms with Gasteiger partial charge in [0.2, 0.25) is 5.91 Å². The van der Waals surface area contributed by atoms with Crippen LogP contribution in [0, 0.1) is 11.3 Å². The first-order valence-electron chi connectivity index (χ1n) is 6.96. The third-order valence-electron chi connectivity index (χ3n) is 3.66. The summed E-state index contributed by atoms with van der Waals surface area (Å²) in [5, 5.41) is 6.50. The molecule has 2 atom stereocenters. The highest BCUT2D eigenvalue weighted by Gasteiger charge is 2.29. The van der Waals surface area contributed by atoms with Crippen molar-refractivity contribution in [1.29, 1.82) is 0 Å². The zero-order chi connectivity index (χ0) is 13.8. The van der Waals surface area contributed by atoms with Crippen molar-refractivity contribution in [3.8, 4) is 0 Å². The lowest BCUT2D eigenvalue weighted by atomic mass is 9.84. The van der Waals surface area contributed by atoms with Crippen LogP contribution in [0.25, 0.3) is 0 Å². The first kappa shape index (κ1) is 22.3. The maximum atomic E-state index is 12.2. The van der Waals surface area contributed by atoms with E-state index in [0.29, 0.717) is 0 Å². The van der Waals surface area contributed by atoms with Crippen LogP contribution in [0.2, 0.25) is 0 Å². The zero-order valence-electron chi connectivity index (χ0n) is 13.4. The fraction of sp³-hybridized carbons (Fsp3) is 0.929. The summed E-state index contributed by atoms with van der Waals surface area (Å²) in [5.74, 6) is 0.382. The summed E-state index contributed by atoms with van der Waals surface area (Å²) in [7, 11) is 4.14. The van der Waals surface area contributed by atoms with E-state index in [9.17, 15) is 4.79 Å². The van der Waals surface area contributed by atoms with E-state index in [1.54, 1.807) is 0 Å². The van der Waals surface area contributed by atoms with Crippen molar-refractivity contribution in [2.45, 2.75) is 39.7 Å². The van der Waals surface area contributed by atoms with Crippen LogP contribution in [0.5, 0.6) is 0 Å². The number of halogens is 2. The molecule has 0 aromatic carbocycles. The first-order chi connectivity index (χ1) is 8.30. The summed E-state index contributed by atoms with van der Waals surface area (Å²) >= 11 is 0. The molecule has 0 spiro atoms. The quantitative estimate of drug-likeness (QED) is 0.810. The van der Waals surface area contributed by atoms with Crippen LogP contribution in [0.4, 0.5) is 0 Å². The second-order valence-corrected chi connectivity index (χ2v) is 6.71. The topological polar surface area (TPSA) is 44.4 Å². The van der Waals surface area contributed by atoms with Gasteiger partial charge in [-0.25, -0.2) is 0 Å². The third-order valence-corrected chi connectivity index (χ3v) is 3.66. The molecule has 2 N–H and O–H groups in total. The molecule has 1 aliphatic rings. The van der Waals surface area contributed by atoms with Gasteiger partial charge in [-0.2, -0.15) is 0 Å². The number of rotatable bonds is 5. The lowest BCUT2D eigenvalue weighted by Crippen LogP contribution is -2.47. The Hall–Kier alpha value is -0.0300. The largest absolute Gasteiger partial charge is 0.353 e. The molecule has 1 fully saturated rings. The van der Waals surface area contributed by atoms with Crippen molar-refractivity contribution in [2.75, 3.05) is 33.7 Å². The highest BCUT2D eigenvalue weighted by Crippen LogP contribution is 2.23. The number of carbonyl (C=O) groups excluding carboxylic acids is 1. The Morgan fingerprint density at radius 1 is 1.35 bits per heavy atom. The monoisotopic (exact) mass is 327 g/mol. The molecular formula is C14H31Cl2N3O. The van der Waals surface area contributed by atoms with Gasteiger partial charge in [0.1, 0.15) is 0 Å². The summed E-state index contributed by atoms with van der Waals surface area (Å²) in [6.07, 6.45) is 1.97. The van der Waals surface area contributed by atoms with E-state index in [0.717, 1.165) is 32.5 Å². The molecule has 0 saturated carbocycles. The second-order valence-electron chi connectivity index (χ2n) is 6.71. The molecule has 1 rings (SSSR count). The zero-order valence-corrected chi connectivity index (χ0v) is 15.0. The highest BCUT2D eigenvalue weighted by atomic mass is 35.5. The molecule has 1 amide bonds. The van der Waals surface area contributed by atoms with E-state index in [2.05, 4.69) is 50.4 Å². The summed E-state index contributed by atoms with van der Waals surface area (Å²) in [5.41, 5.74) is 0.109. The lowest BCUT2D eigenvalue weighted by Gasteiger charge is -2.33. The molecule has 20 heavy (non-hydrogen) atoms. The highest BCUT2D eigenvalue weighted by molar-refractivity contribution is 5.85. The van der Waals surface area contributed by atoms with Gasteiger partial charge >= 0.3 is 0 Å². The van der Waals surface area contributed by atoms with Gasteiger partial charge in [-0.1, -0.05) is 20.8 Å². The summed E-state index contributed by atoms with van der Waals surface area (Å²) < 4.78 is 0. The molecule has 2 unspecified atom stereocenters. The minimum absolute atomic E-state index is 0. The molecule has 1 heterocycles. The summed E-state index contributed by atoms with van der Waals surface area (Å²) in [6, 6.07) is 0.244. The van der Waals surface area contributed by atoms with E-state index in [1.165, 1.54) is 0 Å². The van der Waals surface area contributed by atoms with Crippen molar-refractivity contribution in [3.05, 3.63) is 0 Å². The molecule has 0 aromatic heterocycles. The van der Waals surface area contributed by atoms with Crippen molar-refractivity contribution in [1.82, 2.24) is 15.5 Å². The average Bonchev–Trinajstić information content (AvgIpc) is 2.74. The Bertz CT molecular complexity index is 274. The molecule has 0 radical (unpaired) electrons. The summed E-state index contributed by atoms with van der Waals surface area (Å²) in [6.45, 7) is 9.39. The van der Waals surface area contributed by atoms with Crippen molar-refractivity contribution in [2.24, 2.45) is 11.3 Å². The Kier molecular flexibility index (Phi) is 10.9. The molecule has 4 nitrogen and oxygen atoms in total. The average molecular weight is 328 g/mol. The molecule has 0 aliphatic carbocycles. The van der Waals surface area contributed by atoms with Crippen LogP contribution < -0.4 is 10.6 Å². The number of amides is 1. The maximum Gasteiger partial charge on any atom is 0.224 e. The van der Waals surface area contributed by atoms with Crippen molar-refractivity contribution in [3.63, 3.8) is 0 Å². The van der Waals surface area contributed by atoms with E-state index in [-0.39, 0.29) is 48.1 Å². The van der Waals surface area contributed by atoms with E-state index in [4.69, 9.17) is 0 Å². The minimum atomic E-state index is 0. The van der Waals surface area contributed by atoms with Crippen LogP contribution >= 0.6 is 24.8 Å². The maximum absolute atomic E-state index is 12.2. The van der Waals surface area contributed by atoms with E-state index in [1.807, 2.05) is 0 Å². The molecule has 6 heteroatoms. The number of hydrogen-bond donors (Lipinski definition) is 2. The molecular weight excluding hydrogens is 297 g/mol. The number of nitrogens with zero attached hydrogens (tertiary/aromatic N) is 1. The SMILES string of the molecule is CN(C)CCC(NC(=O)C1CCNC1)C(C)(C)C.Cl.Cl. The molecule has 1 saturated heterocycles. The van der Waals surface area contributed by atoms with Crippen LogP contribution in [0.3, 0.4) is 0 Å². The van der Waals surface area contributed by atoms with Gasteiger partial charge in [-0.15, -0.1) is 24.8 Å². The normalized spacial score (nSPS) is 20.0. The fourth-order valence-corrected chi connectivity index (χ4v) is 2.28. The minimum Gasteiger partial charge on any atom is -0.353 e. The molecule has 122 valence electrons. The van der Waals surface area contributed by atoms with Gasteiger partial charge < -0.3 is 15.5 Å². The molecule has 0 bridgehead atoms. The number of hydrogen-bond acceptors (Lipinski definition) is 3. The number of nitrogens with one attached hydrogen (secondary N) is 2. The Balaban J connectivity index is 0. The number of carbonyl (C=O) groups is 1. The Labute approximate surface area is 136 Å². The fourth-order valence-electron chi connectivity index (χ4n) is 2.28. The van der Waals surface area contributed by atoms with Crippen LogP contribution in [-0.2, 0) is 4.79 Å². The van der Waals surface area contributed by atoms with Crippen LogP contribution in [-0.4, -0.2) is 50.6 Å². The van der Waals surface area contributed by atoms with Crippen LogP contribution in [0.15, 0.2) is 0 Å². The van der Waals surface area contributed by atoms with Gasteiger partial charge in [0, 0.05) is 12.6 Å². The van der Waals surface area contributed by atoms with Gasteiger partial charge in [-0.3, -0.25) is 4.79 Å². The molecule has 0 aromatic rings. The van der Waals surface area contributed by atoms with Gasteiger partial charge in [-0.05, 0) is 45.4 Å². The predicted molar refractivity (Wildman–Crippen MR) is 90.0 cm³/mol. The first-order valence-corrected chi connectivity index (χ1v) is 6.96. The van der Waals surface area contributed by atoms with Crippen molar-refractivity contribution >= 4 is 30.7 Å². The smallest absolute Gasteiger partial charge is 0.224 e. The Morgan fingerprint density at radius 2 is 1.95 bits per heavy atom. The lowest BCUT2D eigenvalue weighted by molar-refractivity contribution is -0.126. The summed E-state index contributed by atoms with van der Waals surface area (Å²) in [4.78, 5) is 14.4. The van der Waals surface area contributed by atoms with E-state index >= 15 is 0 Å². The van der Waals surface area contributed by atoms with Gasteiger partial charge in [0.05, 0.1) is 5.92 Å². The van der Waals surface area contributed by atoms with Gasteiger partial charge in [0.15, 0.2) is 0 Å². The van der Waals surface area contributed by atoms with E-state index < -0.39 is 0 Å². The van der Waals surface area contributed by atoms with Crippen LogP contribution in [0.1, 0.15) is 33.6 Å². The van der Waals surface area contributed by atoms with Gasteiger partial charge in [0.25, 0.3) is 0 Å². The Morgan fingerprint density at radius 3 is 2.35 bits per heavy atom. The second kappa shape index (κ2) is 9.82. The molecule has 1 aliphatic heterocycles. The van der Waals surface area contributed by atoms with Crippen molar-refractivity contribution < 1.29 is 4.79 Å².